The Morgan fingerprint density at radius 3 is 2.37 bits per heavy atom. The van der Waals surface area contributed by atoms with E-state index in [2.05, 4.69) is 5.32 Å². The van der Waals surface area contributed by atoms with Crippen LogP contribution in [0.15, 0.2) is 18.2 Å². The van der Waals surface area contributed by atoms with Gasteiger partial charge in [-0.15, -0.1) is 0 Å². The Hall–Kier alpha value is -1.76. The Bertz CT molecular complexity index is 690. The fourth-order valence-electron chi connectivity index (χ4n) is 3.52. The molecule has 1 aromatic rings. The summed E-state index contributed by atoms with van der Waals surface area (Å²) in [5.74, 6) is -3.61. The first kappa shape index (κ1) is 21.5. The molecule has 0 aromatic heterocycles. The van der Waals surface area contributed by atoms with Gasteiger partial charge in [-0.25, -0.2) is 0 Å². The third-order valence-corrected chi connectivity index (χ3v) is 5.35. The van der Waals surface area contributed by atoms with Crippen LogP contribution in [0.4, 0.5) is 18.9 Å². The van der Waals surface area contributed by atoms with Gasteiger partial charge in [0, 0.05) is 24.7 Å². The number of carbonyl (C=O) groups is 2. The Kier molecular flexibility index (Phi) is 7.14. The lowest BCUT2D eigenvalue weighted by Gasteiger charge is -2.32. The molecule has 27 heavy (non-hydrogen) atoms. The second kappa shape index (κ2) is 8.95. The predicted molar refractivity (Wildman–Crippen MR) is 98.8 cm³/mol. The van der Waals surface area contributed by atoms with Crippen LogP contribution in [0.2, 0.25) is 5.02 Å². The SMILES string of the molecule is CCN(CC)C(=O)c1ccc(NC(=O)C2CCCCC2C(F)(F)F)cc1Cl. The lowest BCUT2D eigenvalue weighted by atomic mass is 9.78. The smallest absolute Gasteiger partial charge is 0.339 e. The average Bonchev–Trinajstić information content (AvgIpc) is 2.62. The van der Waals surface area contributed by atoms with Crippen LogP contribution in [-0.4, -0.2) is 36.0 Å². The number of hydrogen-bond donors (Lipinski definition) is 1. The molecule has 1 aliphatic rings. The number of hydrogen-bond acceptors (Lipinski definition) is 2. The quantitative estimate of drug-likeness (QED) is 0.739. The Morgan fingerprint density at radius 2 is 1.81 bits per heavy atom. The van der Waals surface area contributed by atoms with Gasteiger partial charge in [0.2, 0.25) is 5.91 Å². The highest BCUT2D eigenvalue weighted by atomic mass is 35.5. The molecule has 8 heteroatoms. The van der Waals surface area contributed by atoms with Crippen LogP contribution < -0.4 is 5.32 Å². The molecule has 2 amide bonds. The van der Waals surface area contributed by atoms with Crippen molar-refractivity contribution in [2.75, 3.05) is 18.4 Å². The van der Waals surface area contributed by atoms with Crippen LogP contribution in [0.1, 0.15) is 49.9 Å². The van der Waals surface area contributed by atoms with E-state index in [1.807, 2.05) is 13.8 Å². The van der Waals surface area contributed by atoms with Gasteiger partial charge in [0.05, 0.1) is 16.5 Å². The lowest BCUT2D eigenvalue weighted by molar-refractivity contribution is -0.197. The normalized spacial score (nSPS) is 20.2. The number of amides is 2. The number of nitrogens with zero attached hydrogens (tertiary/aromatic N) is 1. The van der Waals surface area contributed by atoms with Gasteiger partial charge >= 0.3 is 6.18 Å². The second-order valence-electron chi connectivity index (χ2n) is 6.70. The fourth-order valence-corrected chi connectivity index (χ4v) is 3.78. The van der Waals surface area contributed by atoms with Gasteiger partial charge in [0.15, 0.2) is 0 Å². The molecule has 0 heterocycles. The van der Waals surface area contributed by atoms with Crippen molar-refractivity contribution in [1.29, 1.82) is 0 Å². The van der Waals surface area contributed by atoms with Gasteiger partial charge in [-0.1, -0.05) is 24.4 Å². The minimum absolute atomic E-state index is 0.0281. The van der Waals surface area contributed by atoms with Gasteiger partial charge in [-0.2, -0.15) is 13.2 Å². The fraction of sp³-hybridized carbons (Fsp3) is 0.579. The maximum absolute atomic E-state index is 13.2. The number of anilines is 1. The first-order chi connectivity index (χ1) is 12.7. The number of benzene rings is 1. The van der Waals surface area contributed by atoms with E-state index < -0.39 is 23.9 Å². The van der Waals surface area contributed by atoms with Crippen LogP contribution >= 0.6 is 11.6 Å². The van der Waals surface area contributed by atoms with Crippen LogP contribution in [0.5, 0.6) is 0 Å². The third-order valence-electron chi connectivity index (χ3n) is 5.04. The largest absolute Gasteiger partial charge is 0.392 e. The lowest BCUT2D eigenvalue weighted by Crippen LogP contribution is -2.39. The highest BCUT2D eigenvalue weighted by molar-refractivity contribution is 6.34. The van der Waals surface area contributed by atoms with Gasteiger partial charge in [-0.3, -0.25) is 9.59 Å². The summed E-state index contributed by atoms with van der Waals surface area (Å²) in [5, 5.41) is 2.68. The van der Waals surface area contributed by atoms with E-state index in [1.54, 1.807) is 4.90 Å². The van der Waals surface area contributed by atoms with E-state index in [-0.39, 0.29) is 29.5 Å². The number of nitrogens with one attached hydrogen (secondary N) is 1. The van der Waals surface area contributed by atoms with Crippen molar-refractivity contribution in [1.82, 2.24) is 4.90 Å². The third kappa shape index (κ3) is 5.15. The molecule has 1 aromatic carbocycles. The molecule has 1 aliphatic carbocycles. The van der Waals surface area contributed by atoms with Gasteiger partial charge in [0.25, 0.3) is 5.91 Å². The van der Waals surface area contributed by atoms with E-state index in [0.29, 0.717) is 31.5 Å². The Morgan fingerprint density at radius 1 is 1.19 bits per heavy atom. The van der Waals surface area contributed by atoms with Crippen molar-refractivity contribution in [2.24, 2.45) is 11.8 Å². The van der Waals surface area contributed by atoms with Gasteiger partial charge in [0.1, 0.15) is 0 Å². The summed E-state index contributed by atoms with van der Waals surface area (Å²) in [4.78, 5) is 26.4. The van der Waals surface area contributed by atoms with Crippen LogP contribution in [0.25, 0.3) is 0 Å². The molecule has 1 saturated carbocycles. The van der Waals surface area contributed by atoms with Crippen molar-refractivity contribution < 1.29 is 22.8 Å². The first-order valence-corrected chi connectivity index (χ1v) is 9.53. The topological polar surface area (TPSA) is 49.4 Å². The molecule has 0 radical (unpaired) electrons. The molecule has 1 fully saturated rings. The molecule has 2 atom stereocenters. The van der Waals surface area contributed by atoms with E-state index in [4.69, 9.17) is 11.6 Å². The summed E-state index contributed by atoms with van der Waals surface area (Å²) in [5.41, 5.74) is 0.580. The Labute approximate surface area is 162 Å². The zero-order valence-electron chi connectivity index (χ0n) is 15.4. The predicted octanol–water partition coefficient (Wildman–Crippen LogP) is 5.13. The summed E-state index contributed by atoms with van der Waals surface area (Å²) >= 11 is 6.17. The summed E-state index contributed by atoms with van der Waals surface area (Å²) in [6, 6.07) is 4.38. The second-order valence-corrected chi connectivity index (χ2v) is 7.11. The maximum Gasteiger partial charge on any atom is 0.392 e. The summed E-state index contributed by atoms with van der Waals surface area (Å²) in [6.45, 7) is 4.77. The van der Waals surface area contributed by atoms with Gasteiger partial charge < -0.3 is 10.2 Å². The minimum Gasteiger partial charge on any atom is -0.339 e. The number of halogens is 4. The molecule has 2 rings (SSSR count). The van der Waals surface area contributed by atoms with E-state index >= 15 is 0 Å². The van der Waals surface area contributed by atoms with Crippen molar-refractivity contribution in [3.05, 3.63) is 28.8 Å². The molecule has 0 aliphatic heterocycles. The van der Waals surface area contributed by atoms with Crippen molar-refractivity contribution >= 4 is 29.1 Å². The van der Waals surface area contributed by atoms with E-state index in [1.165, 1.54) is 18.2 Å². The highest BCUT2D eigenvalue weighted by Gasteiger charge is 2.48. The number of carbonyl (C=O) groups excluding carboxylic acids is 2. The molecule has 0 bridgehead atoms. The van der Waals surface area contributed by atoms with Crippen LogP contribution in [0, 0.1) is 11.8 Å². The average molecular weight is 405 g/mol. The molecular formula is C19H24ClF3N2O2. The van der Waals surface area contributed by atoms with E-state index in [9.17, 15) is 22.8 Å². The van der Waals surface area contributed by atoms with Crippen molar-refractivity contribution in [2.45, 2.75) is 45.7 Å². The number of alkyl halides is 3. The molecule has 2 unspecified atom stereocenters. The minimum atomic E-state index is -4.39. The summed E-state index contributed by atoms with van der Waals surface area (Å²) in [7, 11) is 0. The van der Waals surface area contributed by atoms with Crippen LogP contribution in [0.3, 0.4) is 0 Å². The van der Waals surface area contributed by atoms with Crippen molar-refractivity contribution in [3.63, 3.8) is 0 Å². The van der Waals surface area contributed by atoms with Crippen molar-refractivity contribution in [3.8, 4) is 0 Å². The molecule has 0 spiro atoms. The molecule has 1 N–H and O–H groups in total. The Balaban J connectivity index is 2.14. The monoisotopic (exact) mass is 404 g/mol. The maximum atomic E-state index is 13.2. The van der Waals surface area contributed by atoms with Crippen LogP contribution in [-0.2, 0) is 4.79 Å². The number of rotatable bonds is 5. The summed E-state index contributed by atoms with van der Waals surface area (Å²) in [6.07, 6.45) is -3.13. The zero-order chi connectivity index (χ0) is 20.2. The molecule has 150 valence electrons. The summed E-state index contributed by atoms with van der Waals surface area (Å²) < 4.78 is 39.6. The molecule has 4 nitrogen and oxygen atoms in total. The standard InChI is InChI=1S/C19H24ClF3N2O2/c1-3-25(4-2)18(27)14-10-9-12(11-16(14)20)24-17(26)13-7-5-6-8-15(13)19(21,22)23/h9-11,13,15H,3-8H2,1-2H3,(H,24,26). The molecular weight excluding hydrogens is 381 g/mol. The first-order valence-electron chi connectivity index (χ1n) is 9.15. The van der Waals surface area contributed by atoms with E-state index in [0.717, 1.165) is 0 Å². The zero-order valence-corrected chi connectivity index (χ0v) is 16.2. The highest BCUT2D eigenvalue weighted by Crippen LogP contribution is 2.42. The molecule has 0 saturated heterocycles. The van der Waals surface area contributed by atoms with Gasteiger partial charge in [-0.05, 0) is 44.9 Å².